The second-order valence-corrected chi connectivity index (χ2v) is 5.00. The van der Waals surface area contributed by atoms with Gasteiger partial charge in [0, 0.05) is 10.6 Å². The minimum absolute atomic E-state index is 0.164. The fourth-order valence-electron chi connectivity index (χ4n) is 1.37. The van der Waals surface area contributed by atoms with Crippen molar-refractivity contribution in [2.75, 3.05) is 5.32 Å². The maximum Gasteiger partial charge on any atom is 0.249 e. The summed E-state index contributed by atoms with van der Waals surface area (Å²) in [7, 11) is 0. The van der Waals surface area contributed by atoms with Crippen LogP contribution in [0.5, 0.6) is 0 Å². The Morgan fingerprint density at radius 3 is 2.94 bits per heavy atom. The fourth-order valence-corrected chi connectivity index (χ4v) is 2.33. The van der Waals surface area contributed by atoms with Crippen molar-refractivity contribution in [1.82, 2.24) is 9.97 Å². The van der Waals surface area contributed by atoms with Crippen LogP contribution < -0.4 is 11.1 Å². The normalized spacial score (nSPS) is 12.2. The number of aromatic nitrogens is 2. The lowest BCUT2D eigenvalue weighted by Crippen LogP contribution is -2.27. The van der Waals surface area contributed by atoms with Crippen LogP contribution in [0.3, 0.4) is 0 Å². The van der Waals surface area contributed by atoms with Gasteiger partial charge in [0.2, 0.25) is 11.9 Å². The molecule has 2 aromatic rings. The second-order valence-electron chi connectivity index (χ2n) is 3.64. The van der Waals surface area contributed by atoms with E-state index in [1.165, 1.54) is 11.3 Å². The highest BCUT2D eigenvalue weighted by Crippen LogP contribution is 2.18. The average Bonchev–Trinajstić information content (AvgIpc) is 2.79. The van der Waals surface area contributed by atoms with Gasteiger partial charge in [-0.3, -0.25) is 10.1 Å². The molecule has 0 spiro atoms. The van der Waals surface area contributed by atoms with Crippen LogP contribution >= 0.6 is 22.9 Å². The molecule has 0 radical (unpaired) electrons. The number of thiophene rings is 1. The van der Waals surface area contributed by atoms with Gasteiger partial charge in [0.25, 0.3) is 0 Å². The molecule has 2 rings (SSSR count). The topological polar surface area (TPSA) is 80.9 Å². The molecule has 0 fully saturated rings. The van der Waals surface area contributed by atoms with E-state index in [2.05, 4.69) is 15.3 Å². The van der Waals surface area contributed by atoms with Crippen molar-refractivity contribution in [1.29, 1.82) is 0 Å². The Hall–Kier alpha value is -1.50. The van der Waals surface area contributed by atoms with Crippen LogP contribution in [0.25, 0.3) is 0 Å². The van der Waals surface area contributed by atoms with Crippen LogP contribution in [0.15, 0.2) is 23.6 Å². The van der Waals surface area contributed by atoms with Crippen LogP contribution in [-0.2, 0) is 4.79 Å². The van der Waals surface area contributed by atoms with Crippen LogP contribution in [0, 0.1) is 6.92 Å². The van der Waals surface area contributed by atoms with Crippen molar-refractivity contribution in [3.8, 4) is 0 Å². The first-order valence-electron chi connectivity index (χ1n) is 5.17. The Kier molecular flexibility index (Phi) is 3.90. The van der Waals surface area contributed by atoms with E-state index in [0.717, 1.165) is 4.88 Å². The van der Waals surface area contributed by atoms with Gasteiger partial charge in [0.1, 0.15) is 11.2 Å². The molecule has 7 heteroatoms. The van der Waals surface area contributed by atoms with Gasteiger partial charge in [-0.1, -0.05) is 17.7 Å². The summed E-state index contributed by atoms with van der Waals surface area (Å²) in [6, 6.07) is 4.52. The molecule has 94 valence electrons. The predicted molar refractivity (Wildman–Crippen MR) is 71.7 cm³/mol. The maximum absolute atomic E-state index is 11.9. The van der Waals surface area contributed by atoms with Gasteiger partial charge < -0.3 is 5.73 Å². The number of nitrogens with two attached hydrogens (primary N) is 1. The Morgan fingerprint density at radius 2 is 2.33 bits per heavy atom. The van der Waals surface area contributed by atoms with Crippen LogP contribution in [-0.4, -0.2) is 15.9 Å². The molecule has 0 saturated carbocycles. The summed E-state index contributed by atoms with van der Waals surface area (Å²) >= 11 is 7.20. The zero-order valence-electron chi connectivity index (χ0n) is 9.55. The highest BCUT2D eigenvalue weighted by molar-refractivity contribution is 7.10. The number of halogens is 1. The number of aryl methyl sites for hydroxylation is 1. The molecule has 0 bridgehead atoms. The van der Waals surface area contributed by atoms with Gasteiger partial charge in [-0.15, -0.1) is 11.3 Å². The number of nitrogens with zero attached hydrogens (tertiary/aromatic N) is 2. The predicted octanol–water partition coefficient (Wildman–Crippen LogP) is 2.14. The lowest BCUT2D eigenvalue weighted by atomic mass is 10.2. The Bertz CT molecular complexity index is 538. The maximum atomic E-state index is 11.9. The molecule has 2 heterocycles. The Labute approximate surface area is 113 Å². The molecule has 0 saturated heterocycles. The third-order valence-electron chi connectivity index (χ3n) is 2.19. The van der Waals surface area contributed by atoms with E-state index < -0.39 is 6.04 Å². The lowest BCUT2D eigenvalue weighted by molar-refractivity contribution is -0.117. The van der Waals surface area contributed by atoms with Crippen molar-refractivity contribution >= 4 is 34.8 Å². The number of amides is 1. The van der Waals surface area contributed by atoms with Gasteiger partial charge in [-0.05, 0) is 24.4 Å². The molecule has 5 nitrogen and oxygen atoms in total. The first-order valence-corrected chi connectivity index (χ1v) is 6.43. The van der Waals surface area contributed by atoms with E-state index >= 15 is 0 Å². The smallest absolute Gasteiger partial charge is 0.249 e. The van der Waals surface area contributed by atoms with Gasteiger partial charge in [-0.2, -0.15) is 0 Å². The lowest BCUT2D eigenvalue weighted by Gasteiger charge is -2.09. The number of hydrogen-bond acceptors (Lipinski definition) is 5. The molecule has 18 heavy (non-hydrogen) atoms. The Morgan fingerprint density at radius 1 is 1.56 bits per heavy atom. The molecule has 0 aliphatic rings. The number of carbonyl (C=O) groups excluding carboxylic acids is 1. The third-order valence-corrected chi connectivity index (χ3v) is 3.34. The molecular formula is C11H11ClN4OS. The van der Waals surface area contributed by atoms with Crippen molar-refractivity contribution in [2.24, 2.45) is 5.73 Å². The molecular weight excluding hydrogens is 272 g/mol. The van der Waals surface area contributed by atoms with Crippen LogP contribution in [0.1, 0.15) is 16.6 Å². The molecule has 3 N–H and O–H groups in total. The third kappa shape index (κ3) is 3.04. The summed E-state index contributed by atoms with van der Waals surface area (Å²) < 4.78 is 0. The fraction of sp³-hybridized carbons (Fsp3) is 0.182. The van der Waals surface area contributed by atoms with E-state index in [4.69, 9.17) is 17.3 Å². The van der Waals surface area contributed by atoms with Crippen molar-refractivity contribution in [3.63, 3.8) is 0 Å². The molecule has 0 aliphatic heterocycles. The summed E-state index contributed by atoms with van der Waals surface area (Å²) in [4.78, 5) is 20.6. The van der Waals surface area contributed by atoms with Crippen molar-refractivity contribution in [3.05, 3.63) is 39.3 Å². The summed E-state index contributed by atoms with van der Waals surface area (Å²) in [5.41, 5.74) is 6.49. The number of carbonyl (C=O) groups is 1. The monoisotopic (exact) mass is 282 g/mol. The van der Waals surface area contributed by atoms with Gasteiger partial charge >= 0.3 is 0 Å². The number of rotatable bonds is 3. The molecule has 2 aromatic heterocycles. The highest BCUT2D eigenvalue weighted by Gasteiger charge is 2.17. The summed E-state index contributed by atoms with van der Waals surface area (Å²) in [5, 5.41) is 4.69. The minimum atomic E-state index is -0.729. The van der Waals surface area contributed by atoms with E-state index in [1.807, 2.05) is 11.4 Å². The summed E-state index contributed by atoms with van der Waals surface area (Å²) in [5.74, 6) is -0.198. The molecule has 0 aliphatic carbocycles. The quantitative estimate of drug-likeness (QED) is 0.845. The van der Waals surface area contributed by atoms with Crippen molar-refractivity contribution in [2.45, 2.75) is 13.0 Å². The molecule has 1 amide bonds. The SMILES string of the molecule is Cc1cc(Cl)nc(NC(=O)C(N)c2cccs2)n1. The van der Waals surface area contributed by atoms with E-state index in [-0.39, 0.29) is 17.0 Å². The minimum Gasteiger partial charge on any atom is -0.316 e. The second kappa shape index (κ2) is 5.43. The molecule has 1 unspecified atom stereocenters. The van der Waals surface area contributed by atoms with Gasteiger partial charge in [0.15, 0.2) is 0 Å². The average molecular weight is 283 g/mol. The molecule has 0 aromatic carbocycles. The van der Waals surface area contributed by atoms with E-state index in [9.17, 15) is 4.79 Å². The standard InChI is InChI=1S/C11H11ClN4OS/c1-6-5-8(12)15-11(14-6)16-10(17)9(13)7-3-2-4-18-7/h2-5,9H,13H2,1H3,(H,14,15,16,17). The summed E-state index contributed by atoms with van der Waals surface area (Å²) in [6.07, 6.45) is 0. The van der Waals surface area contributed by atoms with Crippen molar-refractivity contribution < 1.29 is 4.79 Å². The van der Waals surface area contributed by atoms with Gasteiger partial charge in [-0.25, -0.2) is 9.97 Å². The van der Waals surface area contributed by atoms with E-state index in [1.54, 1.807) is 19.1 Å². The number of hydrogen-bond donors (Lipinski definition) is 2. The van der Waals surface area contributed by atoms with Crippen LogP contribution in [0.2, 0.25) is 5.15 Å². The van der Waals surface area contributed by atoms with Gasteiger partial charge in [0.05, 0.1) is 0 Å². The van der Waals surface area contributed by atoms with E-state index in [0.29, 0.717) is 5.69 Å². The zero-order chi connectivity index (χ0) is 13.1. The summed E-state index contributed by atoms with van der Waals surface area (Å²) in [6.45, 7) is 1.77. The number of nitrogens with one attached hydrogen (secondary N) is 1. The number of anilines is 1. The highest BCUT2D eigenvalue weighted by atomic mass is 35.5. The first kappa shape index (κ1) is 12.9. The zero-order valence-corrected chi connectivity index (χ0v) is 11.1. The molecule has 1 atom stereocenters. The largest absolute Gasteiger partial charge is 0.316 e. The van der Waals surface area contributed by atoms with Crippen LogP contribution in [0.4, 0.5) is 5.95 Å². The first-order chi connectivity index (χ1) is 8.56. The Balaban J connectivity index is 2.11.